The zero-order valence-corrected chi connectivity index (χ0v) is 15.2. The third-order valence-electron chi connectivity index (χ3n) is 4.36. The van der Waals surface area contributed by atoms with Gasteiger partial charge in [0.25, 0.3) is 5.91 Å². The van der Waals surface area contributed by atoms with Crippen LogP contribution in [-0.4, -0.2) is 35.4 Å². The zero-order chi connectivity index (χ0) is 16.8. The molecule has 0 aliphatic carbocycles. The second-order valence-electron chi connectivity index (χ2n) is 6.06. The van der Waals surface area contributed by atoms with E-state index >= 15 is 0 Å². The molecule has 0 radical (unpaired) electrons. The van der Waals surface area contributed by atoms with Crippen molar-refractivity contribution in [2.75, 3.05) is 25.0 Å². The van der Waals surface area contributed by atoms with E-state index in [-0.39, 0.29) is 18.3 Å². The van der Waals surface area contributed by atoms with Crippen LogP contribution in [0.3, 0.4) is 0 Å². The monoisotopic (exact) mass is 364 g/mol. The van der Waals surface area contributed by atoms with Gasteiger partial charge in [0, 0.05) is 24.1 Å². The summed E-state index contributed by atoms with van der Waals surface area (Å²) in [6.07, 6.45) is 5.97. The molecule has 1 fully saturated rings. The highest BCUT2D eigenvalue weighted by Crippen LogP contribution is 2.29. The number of anilines is 1. The van der Waals surface area contributed by atoms with E-state index < -0.39 is 5.54 Å². The van der Waals surface area contributed by atoms with Gasteiger partial charge in [0.1, 0.15) is 11.3 Å². The molecule has 2 heterocycles. The second kappa shape index (κ2) is 8.87. The van der Waals surface area contributed by atoms with Crippen LogP contribution >= 0.6 is 12.4 Å². The SMILES string of the molecule is CCCOc1cccc(NC(=O)C2(n3cccn3)CCNCC2)c1.Cl. The topological polar surface area (TPSA) is 68.2 Å². The fraction of sp³-hybridized carbons (Fsp3) is 0.444. The summed E-state index contributed by atoms with van der Waals surface area (Å²) in [6.45, 7) is 4.33. The maximum absolute atomic E-state index is 13.1. The summed E-state index contributed by atoms with van der Waals surface area (Å²) in [5.74, 6) is 0.744. The molecule has 1 aromatic heterocycles. The summed E-state index contributed by atoms with van der Waals surface area (Å²) in [5, 5.41) is 10.7. The lowest BCUT2D eigenvalue weighted by Crippen LogP contribution is -2.52. The van der Waals surface area contributed by atoms with E-state index in [9.17, 15) is 4.79 Å². The van der Waals surface area contributed by atoms with Crippen LogP contribution in [0.15, 0.2) is 42.7 Å². The van der Waals surface area contributed by atoms with Crippen molar-refractivity contribution in [3.8, 4) is 5.75 Å². The number of hydrogen-bond acceptors (Lipinski definition) is 4. The smallest absolute Gasteiger partial charge is 0.252 e. The number of halogens is 1. The molecule has 6 nitrogen and oxygen atoms in total. The first kappa shape index (κ1) is 19.3. The van der Waals surface area contributed by atoms with Crippen LogP contribution in [0.4, 0.5) is 5.69 Å². The van der Waals surface area contributed by atoms with Crippen molar-refractivity contribution in [3.05, 3.63) is 42.7 Å². The average Bonchev–Trinajstić information content (AvgIpc) is 3.16. The third-order valence-corrected chi connectivity index (χ3v) is 4.36. The van der Waals surface area contributed by atoms with E-state index in [4.69, 9.17) is 4.74 Å². The molecule has 0 unspecified atom stereocenters. The zero-order valence-electron chi connectivity index (χ0n) is 14.4. The fourth-order valence-corrected chi connectivity index (χ4v) is 3.05. The van der Waals surface area contributed by atoms with Crippen LogP contribution < -0.4 is 15.4 Å². The van der Waals surface area contributed by atoms with Crippen molar-refractivity contribution in [1.29, 1.82) is 0 Å². The molecule has 1 aliphatic rings. The standard InChI is InChI=1S/C18H24N4O2.ClH/c1-2-13-24-16-6-3-5-15(14-16)21-17(23)18(7-10-19-11-8-18)22-12-4-9-20-22;/h3-6,9,12,14,19H,2,7-8,10-11,13H2,1H3,(H,21,23);1H. The van der Waals surface area contributed by atoms with Crippen molar-refractivity contribution in [3.63, 3.8) is 0 Å². The minimum atomic E-state index is -0.644. The minimum absolute atomic E-state index is 0. The summed E-state index contributed by atoms with van der Waals surface area (Å²) in [7, 11) is 0. The lowest BCUT2D eigenvalue weighted by atomic mass is 9.87. The Morgan fingerprint density at radius 2 is 2.16 bits per heavy atom. The van der Waals surface area contributed by atoms with Gasteiger partial charge < -0.3 is 15.4 Å². The van der Waals surface area contributed by atoms with Crippen LogP contribution in [0.5, 0.6) is 5.75 Å². The number of carbonyl (C=O) groups excluding carboxylic acids is 1. The second-order valence-corrected chi connectivity index (χ2v) is 6.06. The minimum Gasteiger partial charge on any atom is -0.494 e. The van der Waals surface area contributed by atoms with Crippen molar-refractivity contribution >= 4 is 24.0 Å². The van der Waals surface area contributed by atoms with Crippen LogP contribution in [-0.2, 0) is 10.3 Å². The lowest BCUT2D eigenvalue weighted by Gasteiger charge is -2.36. The van der Waals surface area contributed by atoms with E-state index in [1.165, 1.54) is 0 Å². The Morgan fingerprint density at radius 1 is 1.36 bits per heavy atom. The number of piperidine rings is 1. The first-order valence-electron chi connectivity index (χ1n) is 8.50. The number of nitrogens with one attached hydrogen (secondary N) is 2. The van der Waals surface area contributed by atoms with Gasteiger partial charge in [-0.15, -0.1) is 12.4 Å². The Hall–Kier alpha value is -2.05. The Bertz CT molecular complexity index is 669. The molecular weight excluding hydrogens is 340 g/mol. The molecule has 0 bridgehead atoms. The fourth-order valence-electron chi connectivity index (χ4n) is 3.05. The molecule has 136 valence electrons. The molecule has 0 spiro atoms. The van der Waals surface area contributed by atoms with Gasteiger partial charge in [-0.1, -0.05) is 13.0 Å². The highest BCUT2D eigenvalue weighted by Gasteiger charge is 2.42. The predicted octanol–water partition coefficient (Wildman–Crippen LogP) is 2.81. The van der Waals surface area contributed by atoms with E-state index in [0.717, 1.165) is 30.9 Å². The van der Waals surface area contributed by atoms with E-state index in [1.807, 2.05) is 36.5 Å². The van der Waals surface area contributed by atoms with Gasteiger partial charge in [-0.2, -0.15) is 5.10 Å². The number of hydrogen-bond donors (Lipinski definition) is 2. The van der Waals surface area contributed by atoms with Crippen LogP contribution in [0.1, 0.15) is 26.2 Å². The highest BCUT2D eigenvalue weighted by molar-refractivity contribution is 5.96. The Labute approximate surface area is 154 Å². The van der Waals surface area contributed by atoms with Crippen molar-refractivity contribution in [1.82, 2.24) is 15.1 Å². The third kappa shape index (κ3) is 4.32. The number of ether oxygens (including phenoxy) is 1. The summed E-state index contributed by atoms with van der Waals surface area (Å²) in [5.41, 5.74) is 0.105. The molecule has 1 aromatic carbocycles. The van der Waals surface area contributed by atoms with Gasteiger partial charge in [0.2, 0.25) is 0 Å². The number of aromatic nitrogens is 2. The van der Waals surface area contributed by atoms with Crippen LogP contribution in [0, 0.1) is 0 Å². The van der Waals surface area contributed by atoms with E-state index in [0.29, 0.717) is 19.4 Å². The first-order chi connectivity index (χ1) is 11.7. The molecule has 0 atom stereocenters. The molecule has 1 saturated heterocycles. The maximum atomic E-state index is 13.1. The molecule has 0 saturated carbocycles. The molecule has 2 aromatic rings. The molecule has 2 N–H and O–H groups in total. The maximum Gasteiger partial charge on any atom is 0.252 e. The summed E-state index contributed by atoms with van der Waals surface area (Å²) >= 11 is 0. The predicted molar refractivity (Wildman–Crippen MR) is 100 cm³/mol. The number of carbonyl (C=O) groups is 1. The molecular formula is C18H25ClN4O2. The Morgan fingerprint density at radius 3 is 2.84 bits per heavy atom. The van der Waals surface area contributed by atoms with Crippen LogP contribution in [0.2, 0.25) is 0 Å². The summed E-state index contributed by atoms with van der Waals surface area (Å²) in [4.78, 5) is 13.1. The highest BCUT2D eigenvalue weighted by atomic mass is 35.5. The van der Waals surface area contributed by atoms with E-state index in [1.54, 1.807) is 10.9 Å². The summed E-state index contributed by atoms with van der Waals surface area (Å²) < 4.78 is 7.43. The lowest BCUT2D eigenvalue weighted by molar-refractivity contribution is -0.126. The van der Waals surface area contributed by atoms with Gasteiger partial charge in [0.15, 0.2) is 0 Å². The van der Waals surface area contributed by atoms with Gasteiger partial charge in [-0.25, -0.2) is 0 Å². The van der Waals surface area contributed by atoms with Crippen LogP contribution in [0.25, 0.3) is 0 Å². The molecule has 3 rings (SSSR count). The largest absolute Gasteiger partial charge is 0.494 e. The number of nitrogens with zero attached hydrogens (tertiary/aromatic N) is 2. The van der Waals surface area contributed by atoms with E-state index in [2.05, 4.69) is 22.7 Å². The normalized spacial score (nSPS) is 15.9. The number of amides is 1. The van der Waals surface area contributed by atoms with Crippen molar-refractivity contribution in [2.24, 2.45) is 0 Å². The first-order valence-corrected chi connectivity index (χ1v) is 8.50. The summed E-state index contributed by atoms with van der Waals surface area (Å²) in [6, 6.07) is 9.40. The van der Waals surface area contributed by atoms with Gasteiger partial charge in [0.05, 0.1) is 6.61 Å². The molecule has 1 aliphatic heterocycles. The van der Waals surface area contributed by atoms with Gasteiger partial charge in [-0.05, 0) is 50.6 Å². The van der Waals surface area contributed by atoms with Gasteiger partial charge >= 0.3 is 0 Å². The Kier molecular flexibility index (Phi) is 6.84. The number of rotatable bonds is 6. The van der Waals surface area contributed by atoms with Crippen molar-refractivity contribution < 1.29 is 9.53 Å². The number of benzene rings is 1. The molecule has 25 heavy (non-hydrogen) atoms. The Balaban J connectivity index is 0.00000225. The quantitative estimate of drug-likeness (QED) is 0.827. The molecule has 7 heteroatoms. The molecule has 1 amide bonds. The van der Waals surface area contributed by atoms with Gasteiger partial charge in [-0.3, -0.25) is 9.48 Å². The average molecular weight is 365 g/mol. The van der Waals surface area contributed by atoms with Crippen molar-refractivity contribution in [2.45, 2.75) is 31.7 Å².